The molecule has 0 N–H and O–H groups in total. The summed E-state index contributed by atoms with van der Waals surface area (Å²) in [4.78, 5) is 11.0. The van der Waals surface area contributed by atoms with Gasteiger partial charge in [0.1, 0.15) is 5.76 Å². The molecule has 0 aromatic heterocycles. The topological polar surface area (TPSA) is 26.3 Å². The number of rotatable bonds is 1. The maximum Gasteiger partial charge on any atom is 0.219 e. The lowest BCUT2D eigenvalue weighted by molar-refractivity contribution is -0.107. The molecule has 0 amide bonds. The standard InChI is InChI=1S/C7H10O2S/c1-4-6(9-3)5(2)10-7(4)8/h5H,1-3H3. The molecule has 0 spiro atoms. The molecule has 0 aliphatic carbocycles. The first-order valence-corrected chi connectivity index (χ1v) is 4.00. The Morgan fingerprint density at radius 2 is 2.20 bits per heavy atom. The van der Waals surface area contributed by atoms with Crippen LogP contribution in [0.2, 0.25) is 0 Å². The maximum atomic E-state index is 11.0. The number of hydrogen-bond donors (Lipinski definition) is 0. The lowest BCUT2D eigenvalue weighted by Crippen LogP contribution is -1.98. The molecule has 3 heteroatoms. The molecule has 0 saturated heterocycles. The van der Waals surface area contributed by atoms with E-state index in [1.165, 1.54) is 11.8 Å². The lowest BCUT2D eigenvalue weighted by Gasteiger charge is -2.04. The van der Waals surface area contributed by atoms with Crippen molar-refractivity contribution in [2.24, 2.45) is 0 Å². The van der Waals surface area contributed by atoms with Gasteiger partial charge in [-0.3, -0.25) is 4.79 Å². The van der Waals surface area contributed by atoms with E-state index in [2.05, 4.69) is 0 Å². The number of thioether (sulfide) groups is 1. The molecule has 1 rings (SSSR count). The third-order valence-corrected chi connectivity index (χ3v) is 2.64. The molecule has 2 nitrogen and oxygen atoms in total. The van der Waals surface area contributed by atoms with Crippen molar-refractivity contribution in [3.8, 4) is 0 Å². The van der Waals surface area contributed by atoms with Crippen LogP contribution in [-0.4, -0.2) is 17.5 Å². The van der Waals surface area contributed by atoms with E-state index in [0.717, 1.165) is 11.3 Å². The van der Waals surface area contributed by atoms with Gasteiger partial charge in [0.05, 0.1) is 12.4 Å². The Morgan fingerprint density at radius 1 is 1.60 bits per heavy atom. The van der Waals surface area contributed by atoms with Crippen LogP contribution in [0.15, 0.2) is 11.3 Å². The van der Waals surface area contributed by atoms with Crippen LogP contribution in [-0.2, 0) is 9.53 Å². The van der Waals surface area contributed by atoms with E-state index in [4.69, 9.17) is 4.74 Å². The van der Waals surface area contributed by atoms with Crippen molar-refractivity contribution in [2.45, 2.75) is 19.1 Å². The lowest BCUT2D eigenvalue weighted by atomic mass is 10.2. The fourth-order valence-electron chi connectivity index (χ4n) is 1.03. The molecular weight excluding hydrogens is 148 g/mol. The Morgan fingerprint density at radius 3 is 2.40 bits per heavy atom. The predicted molar refractivity (Wildman–Crippen MR) is 41.8 cm³/mol. The van der Waals surface area contributed by atoms with Gasteiger partial charge in [-0.25, -0.2) is 0 Å². The number of ether oxygens (including phenoxy) is 1. The summed E-state index contributed by atoms with van der Waals surface area (Å²) in [6, 6.07) is 0. The van der Waals surface area contributed by atoms with Crippen LogP contribution >= 0.6 is 11.8 Å². The molecule has 0 radical (unpaired) electrons. The van der Waals surface area contributed by atoms with Crippen LogP contribution in [0, 0.1) is 0 Å². The van der Waals surface area contributed by atoms with E-state index in [1.54, 1.807) is 14.0 Å². The number of carbonyl (C=O) groups is 1. The van der Waals surface area contributed by atoms with Crippen molar-refractivity contribution in [2.75, 3.05) is 7.11 Å². The van der Waals surface area contributed by atoms with Gasteiger partial charge in [-0.2, -0.15) is 0 Å². The average Bonchev–Trinajstić information content (AvgIpc) is 2.09. The Labute approximate surface area is 64.6 Å². The van der Waals surface area contributed by atoms with E-state index in [9.17, 15) is 4.79 Å². The fourth-order valence-corrected chi connectivity index (χ4v) is 2.01. The largest absolute Gasteiger partial charge is 0.499 e. The van der Waals surface area contributed by atoms with Crippen LogP contribution in [0.3, 0.4) is 0 Å². The van der Waals surface area contributed by atoms with E-state index in [1.807, 2.05) is 6.92 Å². The number of hydrogen-bond acceptors (Lipinski definition) is 3. The Balaban J connectivity index is 2.90. The summed E-state index contributed by atoms with van der Waals surface area (Å²) >= 11 is 1.32. The molecule has 1 unspecified atom stereocenters. The molecule has 0 aromatic carbocycles. The predicted octanol–water partition coefficient (Wildman–Crippen LogP) is 1.57. The Bertz CT molecular complexity index is 196. The van der Waals surface area contributed by atoms with E-state index in [-0.39, 0.29) is 10.4 Å². The third kappa shape index (κ3) is 1.06. The van der Waals surface area contributed by atoms with E-state index < -0.39 is 0 Å². The second-order valence-electron chi connectivity index (χ2n) is 2.24. The zero-order valence-corrected chi connectivity index (χ0v) is 7.12. The van der Waals surface area contributed by atoms with Gasteiger partial charge >= 0.3 is 0 Å². The van der Waals surface area contributed by atoms with Crippen molar-refractivity contribution in [1.82, 2.24) is 0 Å². The molecule has 1 aliphatic heterocycles. The van der Waals surface area contributed by atoms with Crippen molar-refractivity contribution < 1.29 is 9.53 Å². The SMILES string of the molecule is COC1=C(C)C(=O)SC1C. The van der Waals surface area contributed by atoms with Gasteiger partial charge in [-0.1, -0.05) is 11.8 Å². The highest BCUT2D eigenvalue weighted by Crippen LogP contribution is 2.33. The molecule has 0 fully saturated rings. The van der Waals surface area contributed by atoms with Gasteiger partial charge in [-0.05, 0) is 13.8 Å². The minimum atomic E-state index is 0.143. The Hall–Kier alpha value is -0.440. The highest BCUT2D eigenvalue weighted by Gasteiger charge is 2.27. The molecule has 0 saturated carbocycles. The van der Waals surface area contributed by atoms with Gasteiger partial charge in [0.15, 0.2) is 0 Å². The van der Waals surface area contributed by atoms with Crippen LogP contribution in [0.4, 0.5) is 0 Å². The van der Waals surface area contributed by atoms with Crippen molar-refractivity contribution in [3.05, 3.63) is 11.3 Å². The zero-order valence-electron chi connectivity index (χ0n) is 6.30. The van der Waals surface area contributed by atoms with Crippen LogP contribution in [0.1, 0.15) is 13.8 Å². The van der Waals surface area contributed by atoms with Crippen LogP contribution in [0.5, 0.6) is 0 Å². The monoisotopic (exact) mass is 158 g/mol. The summed E-state index contributed by atoms with van der Waals surface area (Å²) in [6.07, 6.45) is 0. The summed E-state index contributed by atoms with van der Waals surface area (Å²) in [5.41, 5.74) is 0.764. The van der Waals surface area contributed by atoms with Crippen molar-refractivity contribution >= 4 is 16.9 Å². The second kappa shape index (κ2) is 2.66. The third-order valence-electron chi connectivity index (χ3n) is 1.55. The quantitative estimate of drug-likeness (QED) is 0.579. The smallest absolute Gasteiger partial charge is 0.219 e. The van der Waals surface area contributed by atoms with E-state index >= 15 is 0 Å². The molecule has 1 aliphatic rings. The molecular formula is C7H10O2S. The van der Waals surface area contributed by atoms with Gasteiger partial charge in [0.25, 0.3) is 0 Å². The van der Waals surface area contributed by atoms with E-state index in [0.29, 0.717) is 0 Å². The van der Waals surface area contributed by atoms with Crippen LogP contribution in [0.25, 0.3) is 0 Å². The van der Waals surface area contributed by atoms with Crippen molar-refractivity contribution in [1.29, 1.82) is 0 Å². The summed E-state index contributed by atoms with van der Waals surface area (Å²) < 4.78 is 5.04. The van der Waals surface area contributed by atoms with Crippen LogP contribution < -0.4 is 0 Å². The molecule has 56 valence electrons. The first kappa shape index (κ1) is 7.66. The summed E-state index contributed by atoms with van der Waals surface area (Å²) in [6.45, 7) is 3.77. The molecule has 0 bridgehead atoms. The number of carbonyl (C=O) groups excluding carboxylic acids is 1. The fraction of sp³-hybridized carbons (Fsp3) is 0.571. The minimum Gasteiger partial charge on any atom is -0.499 e. The highest BCUT2D eigenvalue weighted by molar-refractivity contribution is 8.15. The van der Waals surface area contributed by atoms with Gasteiger partial charge in [-0.15, -0.1) is 0 Å². The average molecular weight is 158 g/mol. The maximum absolute atomic E-state index is 11.0. The minimum absolute atomic E-state index is 0.143. The van der Waals surface area contributed by atoms with Gasteiger partial charge in [0, 0.05) is 5.57 Å². The first-order valence-electron chi connectivity index (χ1n) is 3.12. The molecule has 0 aromatic rings. The highest BCUT2D eigenvalue weighted by atomic mass is 32.2. The first-order chi connectivity index (χ1) is 4.66. The van der Waals surface area contributed by atoms with Gasteiger partial charge < -0.3 is 4.74 Å². The normalized spacial score (nSPS) is 25.9. The summed E-state index contributed by atoms with van der Waals surface area (Å²) in [5.74, 6) is 0.829. The summed E-state index contributed by atoms with van der Waals surface area (Å²) in [5, 5.41) is 0.349. The number of methoxy groups -OCH3 is 1. The van der Waals surface area contributed by atoms with Crippen molar-refractivity contribution in [3.63, 3.8) is 0 Å². The van der Waals surface area contributed by atoms with Gasteiger partial charge in [0.2, 0.25) is 5.12 Å². The second-order valence-corrected chi connectivity index (χ2v) is 3.55. The molecule has 1 atom stereocenters. The Kier molecular flexibility index (Phi) is 2.04. The zero-order chi connectivity index (χ0) is 7.72. The molecule has 1 heterocycles. The summed E-state index contributed by atoms with van der Waals surface area (Å²) in [7, 11) is 1.61. The molecule has 10 heavy (non-hydrogen) atoms.